The van der Waals surface area contributed by atoms with Gasteiger partial charge in [0.05, 0.1) is 48.4 Å². The number of rotatable bonds is 112. The van der Waals surface area contributed by atoms with Gasteiger partial charge in [-0.3, -0.25) is 19.2 Å². The highest BCUT2D eigenvalue weighted by atomic mass is 28.4. The molecule has 0 aromatic carbocycles. The first-order valence-electron chi connectivity index (χ1n) is 75.6. The summed E-state index contributed by atoms with van der Waals surface area (Å²) in [4.78, 5) is 130. The lowest BCUT2D eigenvalue weighted by Crippen LogP contribution is -2.43. The monoisotopic (exact) mass is 2290 g/mol. The molecular formula is C106H236N4O20Si12. The van der Waals surface area contributed by atoms with E-state index in [0.29, 0.717) is 137 Å². The molecule has 0 aromatic rings. The second kappa shape index (κ2) is 76.4. The molecule has 0 spiro atoms. The minimum atomic E-state index is -4.15. The van der Waals surface area contributed by atoms with Gasteiger partial charge in [0.25, 0.3) is 0 Å². The second-order valence-corrected chi connectivity index (χ2v) is 86.4. The Balaban J connectivity index is 0. The van der Waals surface area contributed by atoms with Crippen molar-refractivity contribution in [1.82, 2.24) is 21.3 Å². The summed E-state index contributed by atoms with van der Waals surface area (Å²) in [5, 5.41) is 12.5. The van der Waals surface area contributed by atoms with Crippen LogP contribution in [0.5, 0.6) is 0 Å². The van der Waals surface area contributed by atoms with Crippen LogP contribution in [0.4, 0.5) is 0 Å². The number of nitrogens with one attached hydrogen (secondary N) is 4. The van der Waals surface area contributed by atoms with Crippen LogP contribution in [0.3, 0.4) is 0 Å². The summed E-state index contributed by atoms with van der Waals surface area (Å²) >= 11 is 0. The van der Waals surface area contributed by atoms with E-state index in [1.165, 1.54) is 0 Å². The van der Waals surface area contributed by atoms with E-state index in [0.717, 1.165) is 338 Å². The Morgan fingerprint density at radius 2 is 0.324 bits per heavy atom. The van der Waals surface area contributed by atoms with Gasteiger partial charge < -0.3 is 98.0 Å². The van der Waals surface area contributed by atoms with Crippen LogP contribution in [-0.2, 0) is 19.2 Å². The summed E-state index contributed by atoms with van der Waals surface area (Å²) in [5.74, 6) is -2.23. The van der Waals surface area contributed by atoms with Crippen LogP contribution < -0.4 is 21.3 Å². The van der Waals surface area contributed by atoms with Gasteiger partial charge in [-0.25, -0.2) is 0 Å². The van der Waals surface area contributed by atoms with Crippen LogP contribution in [0.25, 0.3) is 0 Å². The highest BCUT2D eigenvalue weighted by molar-refractivity contribution is 6.82. The molecule has 0 bridgehead atoms. The van der Waals surface area contributed by atoms with Gasteiger partial charge in [-0.05, 0) is 150 Å². The van der Waals surface area contributed by atoms with Crippen molar-refractivity contribution in [1.29, 1.82) is 22.9 Å². The zero-order chi connectivity index (χ0) is 134. The van der Waals surface area contributed by atoms with Crippen LogP contribution in [-0.4, -0.2) is 250 Å². The van der Waals surface area contributed by atoms with Crippen LogP contribution in [0.15, 0.2) is 0 Å². The largest absolute Gasteiger partial charge is 0.492 e. The zero-order valence-electron chi connectivity index (χ0n) is 125. The van der Waals surface area contributed by atoms with E-state index >= 15 is 9.59 Å². The molecule has 0 radical (unpaired) electrons. The molecule has 0 aromatic heterocycles. The molecule has 0 heterocycles. The number of amides is 4. The summed E-state index contributed by atoms with van der Waals surface area (Å²) in [6, 6.07) is 23.8. The molecule has 0 fully saturated rings. The lowest BCUT2D eigenvalue weighted by atomic mass is 9.75. The van der Waals surface area contributed by atoms with Crippen LogP contribution >= 0.6 is 0 Å². The van der Waals surface area contributed by atoms with Crippen molar-refractivity contribution in [2.45, 2.75) is 601 Å². The van der Waals surface area contributed by atoms with E-state index < -0.39 is 130 Å². The average Bonchev–Trinajstić information content (AvgIpc) is 0.845. The highest BCUT2D eigenvalue weighted by Crippen LogP contribution is 2.48. The van der Waals surface area contributed by atoms with Crippen molar-refractivity contribution in [2.75, 3.05) is 26.2 Å². The summed E-state index contributed by atoms with van der Waals surface area (Å²) in [7, 11) is -35.9. The minimum absolute atomic E-state index is 0.0178. The van der Waals surface area contributed by atoms with Gasteiger partial charge in [0, 0.05) is 83.8 Å². The maximum absolute atomic E-state index is 15.2. The number of carbonyl (C=O) groups is 4. The molecule has 0 saturated heterocycles. The summed E-state index contributed by atoms with van der Waals surface area (Å²) in [6.45, 7) is 6.41. The molecule has 4 amide bonds. The predicted octanol–water partition coefficient (Wildman–Crippen LogP) is 24.4. The molecule has 0 saturated carbocycles. The maximum Gasteiger partial charge on any atom is 0.492 e. The van der Waals surface area contributed by atoms with E-state index in [1.807, 2.05) is 0 Å². The first-order chi connectivity index (χ1) is 85.7. The van der Waals surface area contributed by atoms with Crippen molar-refractivity contribution in [2.24, 2.45) is 21.7 Å². The third-order valence-electron chi connectivity index (χ3n) is 31.8. The Bertz CT molecular complexity index is 3250. The van der Waals surface area contributed by atoms with E-state index in [9.17, 15) is 9.59 Å². The van der Waals surface area contributed by atoms with Crippen LogP contribution in [0, 0.1) is 21.7 Å². The Morgan fingerprint density at radius 3 is 0.444 bits per heavy atom. The molecule has 0 aliphatic heterocycles. The topological polar surface area (TPSA) is 440 Å². The van der Waals surface area contributed by atoms with Crippen molar-refractivity contribution >= 4 is 124 Å². The highest BCUT2D eigenvalue weighted by Gasteiger charge is 2.45. The molecule has 20 N–H and O–H groups in total. The molecule has 24 nitrogen and oxygen atoms in total. The predicted molar refractivity (Wildman–Crippen MR) is 628 cm³/mol. The van der Waals surface area contributed by atoms with Gasteiger partial charge in [0.15, 0.2) is 31.2 Å². The van der Waals surface area contributed by atoms with Gasteiger partial charge >= 0.3 is 44.0 Å². The van der Waals surface area contributed by atoms with E-state index in [-0.39, 0.29) is 169 Å². The van der Waals surface area contributed by atoms with Gasteiger partial charge in [0.1, 0.15) is 12.8 Å². The normalized spacial score (nSPS) is 16.8. The fourth-order valence-corrected chi connectivity index (χ4v) is 56.6. The van der Waals surface area contributed by atoms with E-state index in [4.69, 9.17) is 55.1 Å². The Kier molecular flexibility index (Phi) is 49.0. The van der Waals surface area contributed by atoms with Gasteiger partial charge in [-0.2, -0.15) is 0 Å². The Morgan fingerprint density at radius 1 is 0.190 bits per heavy atom. The Hall–Kier alpha value is -0.157. The average molecular weight is 2300 g/mol. The van der Waals surface area contributed by atoms with Crippen LogP contribution in [0.1, 0.15) is 434 Å². The molecule has 0 rings (SSSR count). The second-order valence-electron chi connectivity index (χ2n) is 44.2. The van der Waals surface area contributed by atoms with E-state index in [2.05, 4.69) is 93.2 Å². The summed E-state index contributed by atoms with van der Waals surface area (Å²) in [5.41, 5.74) is -2.84. The Labute approximate surface area is 936 Å². The molecule has 142 heavy (non-hydrogen) atoms. The smallest absolute Gasteiger partial charge is 0.432 e. The lowest BCUT2D eigenvalue weighted by molar-refractivity contribution is -0.131. The number of hydrogen-bond acceptors (Lipinski definition) is 20. The fourth-order valence-electron chi connectivity index (χ4n) is 24.7. The fraction of sp³-hybridized carbons (Fsp3) is 0.962. The quantitative estimate of drug-likeness (QED) is 0.0199. The first-order valence-corrected chi connectivity index (χ1v) is 84.0. The van der Waals surface area contributed by atoms with Crippen molar-refractivity contribution in [3.63, 3.8) is 0 Å². The third-order valence-corrected chi connectivity index (χ3v) is 71.8. The van der Waals surface area contributed by atoms with Gasteiger partial charge in [-0.15, -0.1) is 0 Å². The number of carbonyl (C=O) groups excluding carboxylic acids is 4. The minimum Gasteiger partial charge on any atom is -0.432 e. The summed E-state index contributed by atoms with van der Waals surface area (Å²) < 4.78 is 284. The van der Waals surface area contributed by atoms with Crippen molar-refractivity contribution in [3.8, 4) is 0 Å². The summed E-state index contributed by atoms with van der Waals surface area (Å²) in [6.07, 6.45) is 25.8. The van der Waals surface area contributed by atoms with Gasteiger partial charge in [-0.1, -0.05) is 430 Å². The lowest BCUT2D eigenvalue weighted by Gasteiger charge is -2.40. The molecular weight excluding hydrogens is 1990 g/mol. The molecule has 0 aliphatic rings. The van der Waals surface area contributed by atoms with Crippen molar-refractivity contribution < 1.29 is 123 Å². The first kappa shape index (κ1) is 91.0. The molecule has 848 valence electrons. The van der Waals surface area contributed by atoms with Gasteiger partial charge in [0.2, 0.25) is 23.6 Å². The van der Waals surface area contributed by atoms with Crippen LogP contribution in [0.2, 0.25) is 194 Å². The zero-order valence-corrected chi connectivity index (χ0v) is 101. The molecule has 0 aliphatic carbocycles. The van der Waals surface area contributed by atoms with Crippen molar-refractivity contribution in [3.05, 3.63) is 0 Å². The molecule has 0 atom stereocenters. The third kappa shape index (κ3) is 67.5. The number of hydrogen-bond donors (Lipinski definition) is 20. The molecule has 36 heteroatoms. The maximum atomic E-state index is 15.2. The molecule has 0 unspecified atom stereocenters. The standard InChI is InChI=1S/C79H170N2O2Si6.C27H66N2O18Si6/c1-19-49-84(50-20-2,51-21-3)67-37-43-78(44-38-68-85(52-22-4,53-23-5)54-24-6,45-39-69-86(55-25-7,56-26-8)57-27-9)74-80-76(82)73-77(83)81-75-79(46-40-70-87(58-28-10,59-29-11)60-30-12,47-41-71-88(61-31-13,62-32-14)63-33-15)48-42-72-89(64-34-16,65-35-17)66-36-18;1-48(2,32)15-3-9-26(10-4-16-49(33,34)35,11-5-17-50(36,37)38)22-28-24(30)21-25(31)29-23-27(12-6-18-51(39,40)41,13-7-19-52(42,43)44)14-8-20-53(45,46)47/h19-75H2,1-18H3,(H,80,82)(H,81,83);32-47H,3-23H2,1-2H3,(H,28,30)(H,29,31)/i1T,2T,3T,4T,5T,6T,7T,8T,9T,10T,11T,12T,13T,14T,15T,16T,17T,18T;1T,2T,32T,33T,34T,35T,36T,37T,38T,39T,40T,41T,42T,43T,44T,45T,46T,47T. The van der Waals surface area contributed by atoms with E-state index in [1.54, 1.807) is 0 Å². The SMILES string of the molecule is [3H]CCC[Si](CCC[3H])(CCC[3H])CCCC(CCC[Si](CCC[3H])(CCC[3H])CCC[3H])(CCC[Si](CCC[3H])(CCC[3H])CCC[3H])CNC(=O)CC(=O)NCC(CCC[Si](CCC[3H])(CCC[3H])CCC[3H])(CCC[Si](CCC[3H])(CCC[3H])CCC[3H])CCC[Si](CCC[3H])(CCC[3H])CCC[3H].[3H]C[Si](C[3H])(CCCC(CCC[Si](O[3H])(O[3H])O[3H])(CCC[Si](O[3H])(O[3H])O[3H])CNC(=O)CC(=O)NCC(CCC[Si](O[3H])(O[3H])O[3H])(CCC[Si](O[3H])(O[3H])O[3H])CCC[Si](O[3H])(O[3H])O[3H])O[3H].